The molecule has 1 unspecified atom stereocenters. The van der Waals surface area contributed by atoms with Crippen LogP contribution in [0.2, 0.25) is 0 Å². The molecule has 49 heavy (non-hydrogen) atoms. The van der Waals surface area contributed by atoms with Crippen molar-refractivity contribution in [3.8, 4) is 0 Å². The number of rotatable bonds is 40. The fourth-order valence-electron chi connectivity index (χ4n) is 6.42. The maximum atomic E-state index is 12.5. The SMILES string of the molecule is CCCCCCCCCCCCCCCCCCS(=O)(=O)NCC(NS(=O)(=O)CCCCCCCCCCCCCCCCCC)C(=O)O. The number of nitrogens with one attached hydrogen (secondary N) is 2. The minimum absolute atomic E-state index is 0.0796. The molecule has 0 aliphatic rings. The van der Waals surface area contributed by atoms with Gasteiger partial charge in [0.1, 0.15) is 6.04 Å². The summed E-state index contributed by atoms with van der Waals surface area (Å²) in [5.41, 5.74) is 0. The Morgan fingerprint density at radius 1 is 0.429 bits per heavy atom. The quantitative estimate of drug-likeness (QED) is 0.0537. The zero-order valence-electron chi connectivity index (χ0n) is 32.1. The average Bonchev–Trinajstić information content (AvgIpc) is 3.06. The Labute approximate surface area is 304 Å². The Balaban J connectivity index is 3.85. The van der Waals surface area contributed by atoms with Gasteiger partial charge in [-0.1, -0.05) is 206 Å². The van der Waals surface area contributed by atoms with E-state index in [9.17, 15) is 26.7 Å². The van der Waals surface area contributed by atoms with Crippen molar-refractivity contribution < 1.29 is 26.7 Å². The van der Waals surface area contributed by atoms with Crippen LogP contribution in [0.15, 0.2) is 0 Å². The summed E-state index contributed by atoms with van der Waals surface area (Å²) in [6.45, 7) is 4.01. The van der Waals surface area contributed by atoms with Crippen molar-refractivity contribution in [3.63, 3.8) is 0 Å². The monoisotopic (exact) mass is 737 g/mol. The first-order valence-corrected chi connectivity index (χ1v) is 24.1. The number of hydrogen-bond donors (Lipinski definition) is 3. The highest BCUT2D eigenvalue weighted by Gasteiger charge is 2.25. The molecule has 0 saturated heterocycles. The highest BCUT2D eigenvalue weighted by molar-refractivity contribution is 7.89. The smallest absolute Gasteiger partial charge is 0.323 e. The van der Waals surface area contributed by atoms with Crippen LogP contribution in [0.3, 0.4) is 0 Å². The molecule has 0 fully saturated rings. The molecular weight excluding hydrogens is 657 g/mol. The standard InChI is InChI=1S/C39H80N2O6S2/c1-3-5-7-9-11-13-15-17-19-21-23-25-27-29-31-33-35-48(44,45)40-37-38(39(42)43)41-49(46,47)36-34-32-30-28-26-24-22-20-18-16-14-12-10-8-6-4-2/h38,40-41H,3-37H2,1-2H3,(H,42,43). The molecule has 0 rings (SSSR count). The maximum Gasteiger partial charge on any atom is 0.323 e. The summed E-state index contributed by atoms with van der Waals surface area (Å²) in [6.07, 6.45) is 38.4. The third-order valence-corrected chi connectivity index (χ3v) is 12.6. The number of carboxylic acids is 1. The first-order valence-electron chi connectivity index (χ1n) is 20.8. The van der Waals surface area contributed by atoms with Gasteiger partial charge in [0.05, 0.1) is 11.5 Å². The van der Waals surface area contributed by atoms with Gasteiger partial charge in [-0.2, -0.15) is 4.72 Å². The van der Waals surface area contributed by atoms with Crippen LogP contribution < -0.4 is 9.44 Å². The molecule has 0 aromatic rings. The lowest BCUT2D eigenvalue weighted by Gasteiger charge is -2.16. The van der Waals surface area contributed by atoms with E-state index >= 15 is 0 Å². The molecule has 0 aliphatic carbocycles. The molecule has 0 radical (unpaired) electrons. The van der Waals surface area contributed by atoms with Crippen LogP contribution in [0, 0.1) is 0 Å². The van der Waals surface area contributed by atoms with Crippen molar-refractivity contribution in [2.45, 2.75) is 225 Å². The van der Waals surface area contributed by atoms with E-state index in [1.54, 1.807) is 0 Å². The molecule has 0 heterocycles. The summed E-state index contributed by atoms with van der Waals surface area (Å²) in [5.74, 6) is -1.62. The number of carboxylic acid groups (broad SMARTS) is 1. The predicted octanol–water partition coefficient (Wildman–Crippen LogP) is 10.8. The largest absolute Gasteiger partial charge is 0.480 e. The number of aliphatic carboxylic acids is 1. The highest BCUT2D eigenvalue weighted by atomic mass is 32.2. The summed E-state index contributed by atoms with van der Waals surface area (Å²) in [7, 11) is -7.50. The zero-order chi connectivity index (χ0) is 36.3. The Kier molecular flexibility index (Phi) is 33.9. The van der Waals surface area contributed by atoms with Crippen molar-refractivity contribution in [2.75, 3.05) is 18.1 Å². The molecule has 0 amide bonds. The third kappa shape index (κ3) is 35.5. The Morgan fingerprint density at radius 3 is 0.939 bits per heavy atom. The summed E-state index contributed by atoms with van der Waals surface area (Å²) >= 11 is 0. The normalized spacial score (nSPS) is 12.9. The predicted molar refractivity (Wildman–Crippen MR) is 209 cm³/mol. The third-order valence-electron chi connectivity index (χ3n) is 9.66. The van der Waals surface area contributed by atoms with E-state index in [0.29, 0.717) is 12.8 Å². The minimum Gasteiger partial charge on any atom is -0.480 e. The van der Waals surface area contributed by atoms with Gasteiger partial charge in [0.2, 0.25) is 20.0 Å². The first kappa shape index (κ1) is 48.3. The lowest BCUT2D eigenvalue weighted by atomic mass is 10.0. The molecule has 10 heteroatoms. The van der Waals surface area contributed by atoms with E-state index in [1.807, 2.05) is 0 Å². The highest BCUT2D eigenvalue weighted by Crippen LogP contribution is 2.15. The van der Waals surface area contributed by atoms with E-state index in [4.69, 9.17) is 0 Å². The van der Waals surface area contributed by atoms with Gasteiger partial charge in [-0.3, -0.25) is 4.79 Å². The van der Waals surface area contributed by atoms with Gasteiger partial charge < -0.3 is 5.11 Å². The molecule has 0 spiro atoms. The Bertz CT molecular complexity index is 943. The van der Waals surface area contributed by atoms with Crippen LogP contribution in [0.5, 0.6) is 0 Å². The fraction of sp³-hybridized carbons (Fsp3) is 0.974. The van der Waals surface area contributed by atoms with E-state index < -0.39 is 38.6 Å². The first-order chi connectivity index (χ1) is 23.6. The maximum absolute atomic E-state index is 12.5. The van der Waals surface area contributed by atoms with E-state index in [1.165, 1.54) is 154 Å². The second-order valence-corrected chi connectivity index (χ2v) is 18.4. The van der Waals surface area contributed by atoms with Crippen molar-refractivity contribution >= 4 is 26.0 Å². The second-order valence-electron chi connectivity index (χ2n) is 14.6. The van der Waals surface area contributed by atoms with Crippen LogP contribution >= 0.6 is 0 Å². The summed E-state index contributed by atoms with van der Waals surface area (Å²) in [4.78, 5) is 11.7. The molecule has 0 bridgehead atoms. The van der Waals surface area contributed by atoms with Crippen LogP contribution in [-0.4, -0.2) is 52.0 Å². The second kappa shape index (κ2) is 34.4. The lowest BCUT2D eigenvalue weighted by Crippen LogP contribution is -2.49. The summed E-state index contributed by atoms with van der Waals surface area (Å²) in [5, 5.41) is 9.51. The van der Waals surface area contributed by atoms with Gasteiger partial charge in [-0.05, 0) is 12.8 Å². The number of sulfonamides is 2. The molecular formula is C39H80N2O6S2. The van der Waals surface area contributed by atoms with Crippen molar-refractivity contribution in [1.29, 1.82) is 0 Å². The molecule has 294 valence electrons. The summed E-state index contributed by atoms with van der Waals surface area (Å²) in [6, 6.07) is -1.52. The van der Waals surface area contributed by atoms with Crippen molar-refractivity contribution in [3.05, 3.63) is 0 Å². The van der Waals surface area contributed by atoms with Gasteiger partial charge in [0, 0.05) is 6.54 Å². The van der Waals surface area contributed by atoms with Crippen LogP contribution in [0.25, 0.3) is 0 Å². The van der Waals surface area contributed by atoms with Crippen LogP contribution in [0.4, 0.5) is 0 Å². The minimum atomic E-state index is -3.82. The Hall–Kier alpha value is -0.710. The van der Waals surface area contributed by atoms with Gasteiger partial charge >= 0.3 is 5.97 Å². The van der Waals surface area contributed by atoms with Gasteiger partial charge in [0.25, 0.3) is 0 Å². The zero-order valence-corrected chi connectivity index (χ0v) is 33.8. The number of hydrogen-bond acceptors (Lipinski definition) is 5. The van der Waals surface area contributed by atoms with Crippen molar-refractivity contribution in [1.82, 2.24) is 9.44 Å². The molecule has 0 saturated carbocycles. The van der Waals surface area contributed by atoms with Gasteiger partial charge in [-0.15, -0.1) is 0 Å². The van der Waals surface area contributed by atoms with Crippen LogP contribution in [0.1, 0.15) is 219 Å². The average molecular weight is 737 g/mol. The van der Waals surface area contributed by atoms with Gasteiger partial charge in [-0.25, -0.2) is 21.6 Å². The van der Waals surface area contributed by atoms with Gasteiger partial charge in [0.15, 0.2) is 0 Å². The number of carbonyl (C=O) groups is 1. The van der Waals surface area contributed by atoms with E-state index in [-0.39, 0.29) is 11.5 Å². The van der Waals surface area contributed by atoms with Crippen molar-refractivity contribution in [2.24, 2.45) is 0 Å². The lowest BCUT2D eigenvalue weighted by molar-refractivity contribution is -0.138. The molecule has 0 aliphatic heterocycles. The number of unbranched alkanes of at least 4 members (excludes halogenated alkanes) is 30. The fourth-order valence-corrected chi connectivity index (χ4v) is 8.89. The molecule has 1 atom stereocenters. The molecule has 0 aromatic heterocycles. The molecule has 8 nitrogen and oxygen atoms in total. The summed E-state index contributed by atoms with van der Waals surface area (Å²) < 4.78 is 54.4. The topological polar surface area (TPSA) is 130 Å². The molecule has 0 aromatic carbocycles. The Morgan fingerprint density at radius 2 is 0.673 bits per heavy atom. The molecule has 3 N–H and O–H groups in total. The van der Waals surface area contributed by atoms with E-state index in [0.717, 1.165) is 38.5 Å². The van der Waals surface area contributed by atoms with E-state index in [2.05, 4.69) is 23.3 Å². The van der Waals surface area contributed by atoms with Crippen LogP contribution in [-0.2, 0) is 24.8 Å².